The number of benzene rings is 1. The molecule has 0 radical (unpaired) electrons. The number of nitrogens with zero attached hydrogens (tertiary/aromatic N) is 5. The summed E-state index contributed by atoms with van der Waals surface area (Å²) in [4.78, 5) is 29.0. The van der Waals surface area contributed by atoms with E-state index in [1.165, 1.54) is 11.8 Å². The number of carbonyl (C=O) groups is 1. The first-order valence-electron chi connectivity index (χ1n) is 12.7. The number of carbonyl (C=O) groups excluding carboxylic acids is 1. The fourth-order valence-electron chi connectivity index (χ4n) is 6.13. The van der Waals surface area contributed by atoms with Crippen molar-refractivity contribution in [2.45, 2.75) is 44.4 Å². The van der Waals surface area contributed by atoms with Crippen LogP contribution in [-0.2, 0) is 25.5 Å². The van der Waals surface area contributed by atoms with Crippen LogP contribution in [0.5, 0.6) is 5.75 Å². The van der Waals surface area contributed by atoms with E-state index < -0.39 is 25.0 Å². The number of rotatable bonds is 4. The average molecular weight is 558 g/mol. The Morgan fingerprint density at radius 2 is 2.05 bits per heavy atom. The standard InChI is InChI=1S/C26H29F2N7O3S/c1-38-15-3-2-14-9-25(20(29)16(14)8-15)4-6-34(7-5-25)22-18(12-36)32-17(10-31-22)23(37)35-11-19-21(26(27,28)13-35)33-24(30)39-19/h2-3,8,10,20,36H,4-7,9,11-13,29H2,1H3,(H2,30,33)/t20-/m1/s1. The number of anilines is 2. The number of amides is 1. The number of thiazole rings is 1. The van der Waals surface area contributed by atoms with E-state index >= 15 is 0 Å². The molecule has 1 amide bonds. The summed E-state index contributed by atoms with van der Waals surface area (Å²) < 4.78 is 34.7. The van der Waals surface area contributed by atoms with Crippen LogP contribution in [0.2, 0.25) is 0 Å². The second-order valence-electron chi connectivity index (χ2n) is 10.4. The maximum atomic E-state index is 14.7. The van der Waals surface area contributed by atoms with Gasteiger partial charge in [-0.25, -0.2) is 15.0 Å². The van der Waals surface area contributed by atoms with Crippen LogP contribution in [0, 0.1) is 5.41 Å². The van der Waals surface area contributed by atoms with Crippen molar-refractivity contribution in [3.8, 4) is 5.75 Å². The van der Waals surface area contributed by atoms with Gasteiger partial charge in [0.15, 0.2) is 10.9 Å². The molecule has 0 bridgehead atoms. The van der Waals surface area contributed by atoms with E-state index in [1.54, 1.807) is 7.11 Å². The first-order valence-corrected chi connectivity index (χ1v) is 13.5. The summed E-state index contributed by atoms with van der Waals surface area (Å²) in [6.45, 7) is -0.00711. The van der Waals surface area contributed by atoms with Gasteiger partial charge in [0, 0.05) is 19.1 Å². The van der Waals surface area contributed by atoms with Crippen molar-refractivity contribution >= 4 is 28.2 Å². The van der Waals surface area contributed by atoms with Gasteiger partial charge >= 0.3 is 5.92 Å². The highest BCUT2D eigenvalue weighted by Gasteiger charge is 2.47. The summed E-state index contributed by atoms with van der Waals surface area (Å²) in [5.74, 6) is -2.74. The zero-order valence-corrected chi connectivity index (χ0v) is 22.2. The summed E-state index contributed by atoms with van der Waals surface area (Å²) in [5, 5.41) is 10.1. The van der Waals surface area contributed by atoms with E-state index in [0.29, 0.717) is 18.9 Å². The van der Waals surface area contributed by atoms with Gasteiger partial charge < -0.3 is 31.1 Å². The zero-order valence-electron chi connectivity index (χ0n) is 21.4. The molecule has 0 saturated carbocycles. The molecular formula is C26H29F2N7O3S. The number of fused-ring (bicyclic) bond motifs is 2. The number of hydrogen-bond donors (Lipinski definition) is 3. The molecule has 1 fully saturated rings. The Bertz CT molecular complexity index is 1440. The molecule has 4 heterocycles. The highest BCUT2D eigenvalue weighted by Crippen LogP contribution is 2.51. The number of nitrogens with two attached hydrogens (primary N) is 2. The fraction of sp³-hybridized carbons (Fsp3) is 0.462. The van der Waals surface area contributed by atoms with Crippen molar-refractivity contribution in [2.24, 2.45) is 11.1 Å². The van der Waals surface area contributed by atoms with Crippen LogP contribution in [0.3, 0.4) is 0 Å². The Labute approximate surface area is 227 Å². The molecule has 5 N–H and O–H groups in total. The SMILES string of the molecule is COc1ccc2c(c1)[C@@H](N)C1(CCN(c3ncc(C(=O)N4Cc5sc(N)nc5C(F)(F)C4)nc3CO)CC1)C2. The van der Waals surface area contributed by atoms with Gasteiger partial charge in [-0.1, -0.05) is 17.4 Å². The minimum absolute atomic E-state index is 0.0335. The van der Waals surface area contributed by atoms with Crippen LogP contribution in [-0.4, -0.2) is 57.6 Å². The molecule has 6 rings (SSSR count). The van der Waals surface area contributed by atoms with Gasteiger partial charge in [0.05, 0.1) is 37.9 Å². The normalized spacial score (nSPS) is 21.1. The lowest BCUT2D eigenvalue weighted by Crippen LogP contribution is -2.45. The Kier molecular flexibility index (Phi) is 6.19. The average Bonchev–Trinajstić information content (AvgIpc) is 3.45. The predicted octanol–water partition coefficient (Wildman–Crippen LogP) is 2.61. The molecule has 1 aromatic carbocycles. The molecule has 39 heavy (non-hydrogen) atoms. The third-order valence-electron chi connectivity index (χ3n) is 8.21. The van der Waals surface area contributed by atoms with Crippen LogP contribution < -0.4 is 21.1 Å². The molecule has 206 valence electrons. The van der Waals surface area contributed by atoms with Gasteiger partial charge in [-0.15, -0.1) is 0 Å². The maximum absolute atomic E-state index is 14.7. The first kappa shape index (κ1) is 25.8. The molecule has 2 aliphatic heterocycles. The van der Waals surface area contributed by atoms with Crippen LogP contribution in [0.1, 0.15) is 56.8 Å². The molecule has 13 heteroatoms. The maximum Gasteiger partial charge on any atom is 0.308 e. The number of alkyl halides is 2. The quantitative estimate of drug-likeness (QED) is 0.441. The largest absolute Gasteiger partial charge is 0.497 e. The van der Waals surface area contributed by atoms with Crippen molar-refractivity contribution in [3.63, 3.8) is 0 Å². The molecule has 1 atom stereocenters. The van der Waals surface area contributed by atoms with Gasteiger partial charge in [0.1, 0.15) is 22.8 Å². The van der Waals surface area contributed by atoms with Crippen molar-refractivity contribution in [2.75, 3.05) is 37.4 Å². The highest BCUT2D eigenvalue weighted by molar-refractivity contribution is 7.15. The molecule has 3 aliphatic rings. The predicted molar refractivity (Wildman–Crippen MR) is 141 cm³/mol. The smallest absolute Gasteiger partial charge is 0.308 e. The fourth-order valence-corrected chi connectivity index (χ4v) is 7.03. The Balaban J connectivity index is 1.18. The third kappa shape index (κ3) is 4.28. The lowest BCUT2D eigenvalue weighted by molar-refractivity contribution is -0.0479. The summed E-state index contributed by atoms with van der Waals surface area (Å²) in [6, 6.07) is 5.96. The van der Waals surface area contributed by atoms with Gasteiger partial charge in [-0.2, -0.15) is 8.78 Å². The lowest BCUT2D eigenvalue weighted by Gasteiger charge is -2.42. The molecule has 1 saturated heterocycles. The van der Waals surface area contributed by atoms with E-state index in [1.807, 2.05) is 17.0 Å². The van der Waals surface area contributed by atoms with E-state index in [-0.39, 0.29) is 45.1 Å². The Morgan fingerprint density at radius 3 is 2.77 bits per heavy atom. The van der Waals surface area contributed by atoms with Gasteiger partial charge in [-0.05, 0) is 47.9 Å². The molecule has 1 spiro atoms. The van der Waals surface area contributed by atoms with Gasteiger partial charge in [-0.3, -0.25) is 4.79 Å². The summed E-state index contributed by atoms with van der Waals surface area (Å²) in [7, 11) is 1.64. The number of piperidine rings is 1. The molecular weight excluding hydrogens is 528 g/mol. The third-order valence-corrected chi connectivity index (χ3v) is 9.08. The molecule has 10 nitrogen and oxygen atoms in total. The van der Waals surface area contributed by atoms with Crippen LogP contribution >= 0.6 is 11.3 Å². The van der Waals surface area contributed by atoms with Crippen LogP contribution in [0.4, 0.5) is 19.7 Å². The number of hydrogen-bond acceptors (Lipinski definition) is 10. The summed E-state index contributed by atoms with van der Waals surface area (Å²) in [6.07, 6.45) is 3.82. The molecule has 1 aliphatic carbocycles. The summed E-state index contributed by atoms with van der Waals surface area (Å²) in [5.41, 5.74) is 14.4. The number of aliphatic hydroxyl groups is 1. The van der Waals surface area contributed by atoms with E-state index in [0.717, 1.165) is 46.8 Å². The highest BCUT2D eigenvalue weighted by atomic mass is 32.1. The molecule has 2 aromatic heterocycles. The number of aliphatic hydroxyl groups excluding tert-OH is 1. The van der Waals surface area contributed by atoms with Gasteiger partial charge in [0.25, 0.3) is 5.91 Å². The monoisotopic (exact) mass is 557 g/mol. The van der Waals surface area contributed by atoms with E-state index in [2.05, 4.69) is 21.0 Å². The number of aromatic nitrogens is 3. The Hall–Kier alpha value is -3.42. The molecule has 0 unspecified atom stereocenters. The summed E-state index contributed by atoms with van der Waals surface area (Å²) >= 11 is 0.938. The van der Waals surface area contributed by atoms with Gasteiger partial charge in [0.2, 0.25) is 0 Å². The number of methoxy groups -OCH3 is 1. The minimum Gasteiger partial charge on any atom is -0.497 e. The van der Waals surface area contributed by atoms with Crippen molar-refractivity contribution in [1.82, 2.24) is 19.9 Å². The molecule has 3 aromatic rings. The van der Waals surface area contributed by atoms with Crippen molar-refractivity contribution in [3.05, 3.63) is 57.5 Å². The van der Waals surface area contributed by atoms with Crippen LogP contribution in [0.25, 0.3) is 0 Å². The van der Waals surface area contributed by atoms with Crippen molar-refractivity contribution < 1.29 is 23.4 Å². The lowest BCUT2D eigenvalue weighted by atomic mass is 9.73. The van der Waals surface area contributed by atoms with Crippen LogP contribution in [0.15, 0.2) is 24.4 Å². The minimum atomic E-state index is -3.32. The first-order chi connectivity index (χ1) is 18.6. The number of halogens is 2. The zero-order chi connectivity index (χ0) is 27.5. The topological polar surface area (TPSA) is 144 Å². The number of nitrogen functional groups attached to an aromatic ring is 1. The van der Waals surface area contributed by atoms with E-state index in [4.69, 9.17) is 16.2 Å². The Morgan fingerprint density at radius 1 is 1.28 bits per heavy atom. The second kappa shape index (κ2) is 9.35. The van der Waals surface area contributed by atoms with Crippen molar-refractivity contribution in [1.29, 1.82) is 0 Å². The second-order valence-corrected chi connectivity index (χ2v) is 11.6. The number of ether oxygens (including phenoxy) is 1. The van der Waals surface area contributed by atoms with E-state index in [9.17, 15) is 18.7 Å².